The minimum Gasteiger partial charge on any atom is -0.493 e. The lowest BCUT2D eigenvalue weighted by molar-refractivity contribution is -0.119. The minimum absolute atomic E-state index is 0.0603. The number of ether oxygens (including phenoxy) is 3. The molecule has 3 N–H and O–H groups in total. The average molecular weight is 671 g/mol. The van der Waals surface area contributed by atoms with Crippen molar-refractivity contribution in [3.63, 3.8) is 0 Å². The molecule has 0 unspecified atom stereocenters. The molecular formula is C35H32F2N6O6. The van der Waals surface area contributed by atoms with E-state index in [1.807, 2.05) is 4.90 Å². The zero-order valence-corrected chi connectivity index (χ0v) is 26.4. The minimum atomic E-state index is -0.846. The van der Waals surface area contributed by atoms with Crippen molar-refractivity contribution in [3.8, 4) is 28.7 Å². The number of carbonyl (C=O) groups is 2. The zero-order chi connectivity index (χ0) is 34.5. The molecule has 2 amide bonds. The Kier molecular flexibility index (Phi) is 9.76. The second-order valence-corrected chi connectivity index (χ2v) is 11.4. The number of nitrogens with one attached hydrogen (secondary N) is 1. The van der Waals surface area contributed by atoms with Gasteiger partial charge in [-0.1, -0.05) is 12.1 Å². The van der Waals surface area contributed by atoms with Crippen LogP contribution in [0.15, 0.2) is 83.9 Å². The molecule has 0 aliphatic carbocycles. The Hall–Kier alpha value is -5.89. The number of nitrogens with zero attached hydrogens (tertiary/aromatic N) is 4. The van der Waals surface area contributed by atoms with E-state index in [1.54, 1.807) is 18.2 Å². The SMILES string of the molecule is COc1cc2c(Oc3ccc(NC(=O)c4ccnn(-c5ccccc5F)c4=O)cc3F)ccnc2cc1OCC1CCN(CC(N)=O)CC1. The van der Waals surface area contributed by atoms with E-state index in [1.165, 1.54) is 62.0 Å². The molecule has 252 valence electrons. The van der Waals surface area contributed by atoms with Gasteiger partial charge in [-0.2, -0.15) is 9.78 Å². The Balaban J connectivity index is 1.15. The molecule has 2 aromatic heterocycles. The molecule has 6 rings (SSSR count). The third kappa shape index (κ3) is 7.49. The molecule has 1 saturated heterocycles. The van der Waals surface area contributed by atoms with E-state index in [9.17, 15) is 18.8 Å². The van der Waals surface area contributed by atoms with Crippen LogP contribution in [0.3, 0.4) is 0 Å². The molecule has 1 aliphatic heterocycles. The molecule has 0 radical (unpaired) electrons. The number of piperidine rings is 1. The van der Waals surface area contributed by atoms with Crippen molar-refractivity contribution in [2.24, 2.45) is 11.7 Å². The number of hydrogen-bond acceptors (Lipinski definition) is 9. The quantitative estimate of drug-likeness (QED) is 0.204. The number of amides is 2. The van der Waals surface area contributed by atoms with Crippen LogP contribution in [0.5, 0.6) is 23.0 Å². The molecule has 12 nitrogen and oxygen atoms in total. The van der Waals surface area contributed by atoms with Crippen molar-refractivity contribution in [1.82, 2.24) is 19.7 Å². The van der Waals surface area contributed by atoms with Crippen LogP contribution >= 0.6 is 0 Å². The third-order valence-corrected chi connectivity index (χ3v) is 8.13. The largest absolute Gasteiger partial charge is 0.493 e. The van der Waals surface area contributed by atoms with Gasteiger partial charge < -0.3 is 25.3 Å². The van der Waals surface area contributed by atoms with Gasteiger partial charge in [-0.25, -0.2) is 8.78 Å². The topological polar surface area (TPSA) is 151 Å². The fourth-order valence-corrected chi connectivity index (χ4v) is 5.59. The molecule has 0 atom stereocenters. The van der Waals surface area contributed by atoms with Crippen LogP contribution in [0.4, 0.5) is 14.5 Å². The summed E-state index contributed by atoms with van der Waals surface area (Å²) in [6.45, 7) is 2.24. The van der Waals surface area contributed by atoms with Gasteiger partial charge >= 0.3 is 0 Å². The maximum Gasteiger partial charge on any atom is 0.284 e. The zero-order valence-electron chi connectivity index (χ0n) is 26.4. The highest BCUT2D eigenvalue weighted by atomic mass is 19.1. The highest BCUT2D eigenvalue weighted by Gasteiger charge is 2.22. The number of likely N-dealkylation sites (tertiary alicyclic amines) is 1. The molecule has 49 heavy (non-hydrogen) atoms. The second-order valence-electron chi connectivity index (χ2n) is 11.4. The Morgan fingerprint density at radius 3 is 2.47 bits per heavy atom. The first kappa shape index (κ1) is 33.0. The first-order valence-electron chi connectivity index (χ1n) is 15.4. The summed E-state index contributed by atoms with van der Waals surface area (Å²) < 4.78 is 48.0. The summed E-state index contributed by atoms with van der Waals surface area (Å²) in [5.74, 6) is -1.22. The van der Waals surface area contributed by atoms with Crippen molar-refractivity contribution >= 4 is 28.4 Å². The van der Waals surface area contributed by atoms with E-state index in [0.29, 0.717) is 40.7 Å². The summed E-state index contributed by atoms with van der Waals surface area (Å²) in [6, 6.07) is 15.6. The van der Waals surface area contributed by atoms with Crippen LogP contribution in [0.1, 0.15) is 23.2 Å². The summed E-state index contributed by atoms with van der Waals surface area (Å²) >= 11 is 0. The normalized spacial score (nSPS) is 13.6. The average Bonchev–Trinajstić information content (AvgIpc) is 3.09. The summed E-state index contributed by atoms with van der Waals surface area (Å²) in [5.41, 5.74) is 4.63. The van der Waals surface area contributed by atoms with E-state index in [0.717, 1.165) is 36.7 Å². The smallest absolute Gasteiger partial charge is 0.284 e. The standard InChI is InChI=1S/C35H32F2N6O6/c1-47-31-17-24-27(18-32(31)48-20-21-10-14-42(15-11-21)19-33(38)44)39-12-9-29(24)49-30-7-6-22(16-26(30)37)41-34(45)23-8-13-40-43(35(23)46)28-5-3-2-4-25(28)36/h2-9,12-13,16-18,21H,10-11,14-15,19-20H2,1H3,(H2,38,44)(H,41,45). The highest BCUT2D eigenvalue weighted by Crippen LogP contribution is 2.38. The number of anilines is 1. The number of benzene rings is 3. The van der Waals surface area contributed by atoms with Crippen LogP contribution in [0.2, 0.25) is 0 Å². The number of pyridine rings is 1. The number of hydrogen-bond donors (Lipinski definition) is 2. The van der Waals surface area contributed by atoms with Crippen LogP contribution in [-0.4, -0.2) is 64.8 Å². The number of rotatable bonds is 11. The Morgan fingerprint density at radius 2 is 1.73 bits per heavy atom. The molecule has 1 fully saturated rings. The molecule has 5 aromatic rings. The number of halogens is 2. The van der Waals surface area contributed by atoms with Crippen LogP contribution in [-0.2, 0) is 4.79 Å². The van der Waals surface area contributed by atoms with Crippen molar-refractivity contribution < 1.29 is 32.6 Å². The lowest BCUT2D eigenvalue weighted by atomic mass is 9.98. The number of aromatic nitrogens is 3. The highest BCUT2D eigenvalue weighted by molar-refractivity contribution is 6.04. The van der Waals surface area contributed by atoms with Gasteiger partial charge in [0.25, 0.3) is 11.5 Å². The van der Waals surface area contributed by atoms with E-state index < -0.39 is 23.1 Å². The molecule has 0 spiro atoms. The Morgan fingerprint density at radius 1 is 0.939 bits per heavy atom. The van der Waals surface area contributed by atoms with Gasteiger partial charge in [0.05, 0.1) is 25.8 Å². The Labute approximate surface area is 279 Å². The second kappa shape index (κ2) is 14.5. The molecular weight excluding hydrogens is 638 g/mol. The van der Waals surface area contributed by atoms with Crippen LogP contribution < -0.4 is 30.8 Å². The van der Waals surface area contributed by atoms with Crippen LogP contribution in [0, 0.1) is 17.6 Å². The summed E-state index contributed by atoms with van der Waals surface area (Å²) in [6.07, 6.45) is 4.46. The number of methoxy groups -OCH3 is 1. The van der Waals surface area contributed by atoms with Gasteiger partial charge in [0.15, 0.2) is 23.1 Å². The molecule has 0 bridgehead atoms. The number of carbonyl (C=O) groups excluding carboxylic acids is 2. The number of para-hydroxylation sites is 1. The van der Waals surface area contributed by atoms with Gasteiger partial charge in [-0.15, -0.1) is 0 Å². The van der Waals surface area contributed by atoms with Gasteiger partial charge in [0, 0.05) is 35.6 Å². The van der Waals surface area contributed by atoms with E-state index in [2.05, 4.69) is 15.4 Å². The molecule has 3 aromatic carbocycles. The molecule has 0 saturated carbocycles. The fraction of sp³-hybridized carbons (Fsp3) is 0.229. The van der Waals surface area contributed by atoms with Crippen molar-refractivity contribution in [2.75, 3.05) is 38.7 Å². The summed E-state index contributed by atoms with van der Waals surface area (Å²) in [4.78, 5) is 43.6. The predicted molar refractivity (Wildman–Crippen MR) is 176 cm³/mol. The van der Waals surface area contributed by atoms with Crippen LogP contribution in [0.25, 0.3) is 16.6 Å². The van der Waals surface area contributed by atoms with E-state index in [4.69, 9.17) is 19.9 Å². The molecule has 14 heteroatoms. The number of fused-ring (bicyclic) bond motifs is 1. The summed E-state index contributed by atoms with van der Waals surface area (Å²) in [5, 5.41) is 6.91. The van der Waals surface area contributed by atoms with Gasteiger partial charge in [0.1, 0.15) is 22.8 Å². The molecule has 3 heterocycles. The summed E-state index contributed by atoms with van der Waals surface area (Å²) in [7, 11) is 1.52. The maximum atomic E-state index is 15.3. The van der Waals surface area contributed by atoms with Crippen molar-refractivity contribution in [3.05, 3.63) is 107 Å². The molecule has 1 aliphatic rings. The fourth-order valence-electron chi connectivity index (χ4n) is 5.59. The maximum absolute atomic E-state index is 15.3. The van der Waals surface area contributed by atoms with E-state index >= 15 is 4.39 Å². The number of nitrogens with two attached hydrogens (primary N) is 1. The lowest BCUT2D eigenvalue weighted by Crippen LogP contribution is -2.40. The van der Waals surface area contributed by atoms with Crippen molar-refractivity contribution in [2.45, 2.75) is 12.8 Å². The van der Waals surface area contributed by atoms with Gasteiger partial charge in [0.2, 0.25) is 5.91 Å². The first-order valence-corrected chi connectivity index (χ1v) is 15.4. The first-order chi connectivity index (χ1) is 23.7. The van der Waals surface area contributed by atoms with Gasteiger partial charge in [-0.3, -0.25) is 24.3 Å². The predicted octanol–water partition coefficient (Wildman–Crippen LogP) is 4.69. The lowest BCUT2D eigenvalue weighted by Gasteiger charge is -2.31. The Bertz CT molecular complexity index is 2080. The van der Waals surface area contributed by atoms with E-state index in [-0.39, 0.29) is 35.1 Å². The van der Waals surface area contributed by atoms with Gasteiger partial charge in [-0.05, 0) is 74.3 Å². The number of primary amides is 1. The monoisotopic (exact) mass is 670 g/mol. The van der Waals surface area contributed by atoms with Crippen molar-refractivity contribution in [1.29, 1.82) is 0 Å². The third-order valence-electron chi connectivity index (χ3n) is 8.13.